The molecule has 2 aliphatic rings. The minimum absolute atomic E-state index is 0.142. The molecule has 218 valence electrons. The van der Waals surface area contributed by atoms with Gasteiger partial charge >= 0.3 is 0 Å². The molecule has 0 bridgehead atoms. The molecule has 0 aliphatic carbocycles. The van der Waals surface area contributed by atoms with Gasteiger partial charge in [0, 0.05) is 54.9 Å². The van der Waals surface area contributed by atoms with E-state index in [0.29, 0.717) is 41.3 Å². The third kappa shape index (κ3) is 4.63. The van der Waals surface area contributed by atoms with Gasteiger partial charge in [0.1, 0.15) is 23.1 Å². The monoisotopic (exact) mass is 595 g/mol. The number of pyridine rings is 3. The number of fused-ring (bicyclic) bond motifs is 6. The topological polar surface area (TPSA) is 120 Å². The van der Waals surface area contributed by atoms with Crippen LogP contribution in [-0.2, 0) is 28.7 Å². The molecule has 0 radical (unpaired) electrons. The van der Waals surface area contributed by atoms with E-state index in [-0.39, 0.29) is 12.3 Å². The van der Waals surface area contributed by atoms with Gasteiger partial charge in [-0.2, -0.15) is 4.73 Å². The molecule has 12 heteroatoms. The highest BCUT2D eigenvalue weighted by Gasteiger charge is 2.35. The molecule has 0 N–H and O–H groups in total. The van der Waals surface area contributed by atoms with Crippen molar-refractivity contribution in [3.8, 4) is 22.8 Å². The molecule has 4 aromatic heterocycles. The zero-order valence-electron chi connectivity index (χ0n) is 23.7. The lowest BCUT2D eigenvalue weighted by Crippen LogP contribution is -2.28. The van der Waals surface area contributed by atoms with E-state index in [0.717, 1.165) is 45.5 Å². The Morgan fingerprint density at radius 2 is 1.79 bits per heavy atom. The Labute approximate surface area is 249 Å². The van der Waals surface area contributed by atoms with Crippen molar-refractivity contribution in [2.24, 2.45) is 0 Å². The number of hydrogen-bond acceptors (Lipinski definition) is 8. The quantitative estimate of drug-likeness (QED) is 0.203. The minimum Gasteiger partial charge on any atom is -0.619 e. The molecule has 0 amide bonds. The van der Waals surface area contributed by atoms with Crippen LogP contribution >= 0.6 is 0 Å². The zero-order chi connectivity index (χ0) is 29.7. The Kier molecular flexibility index (Phi) is 6.50. The molecule has 11 nitrogen and oxygen atoms in total. The summed E-state index contributed by atoms with van der Waals surface area (Å²) in [4.78, 5) is 16.4. The van der Waals surface area contributed by atoms with E-state index in [9.17, 15) is 13.6 Å². The van der Waals surface area contributed by atoms with E-state index >= 15 is 0 Å². The van der Waals surface area contributed by atoms with Crippen molar-refractivity contribution in [2.75, 3.05) is 22.4 Å². The van der Waals surface area contributed by atoms with Crippen molar-refractivity contribution in [2.45, 2.75) is 32.6 Å². The van der Waals surface area contributed by atoms with Gasteiger partial charge in [-0.05, 0) is 55.3 Å². The molecule has 0 atom stereocenters. The number of benzene rings is 1. The highest BCUT2D eigenvalue weighted by molar-refractivity contribution is 7.92. The molecule has 0 saturated heterocycles. The van der Waals surface area contributed by atoms with Gasteiger partial charge in [0.15, 0.2) is 18.2 Å². The van der Waals surface area contributed by atoms with Crippen LogP contribution in [0.2, 0.25) is 0 Å². The third-order valence-corrected chi connectivity index (χ3v) is 9.47. The summed E-state index contributed by atoms with van der Waals surface area (Å²) in [7, 11) is -3.59. The molecule has 43 heavy (non-hydrogen) atoms. The van der Waals surface area contributed by atoms with Gasteiger partial charge in [0.05, 0.1) is 30.1 Å². The predicted molar refractivity (Wildman–Crippen MR) is 162 cm³/mol. The molecule has 0 spiro atoms. The highest BCUT2D eigenvalue weighted by Crippen LogP contribution is 2.42. The molecule has 0 unspecified atom stereocenters. The van der Waals surface area contributed by atoms with Crippen molar-refractivity contribution >= 4 is 27.3 Å². The lowest BCUT2D eigenvalue weighted by Gasteiger charge is -2.22. The molecule has 2 aliphatic heterocycles. The Morgan fingerprint density at radius 1 is 0.977 bits per heavy atom. The minimum atomic E-state index is -3.59. The van der Waals surface area contributed by atoms with Crippen LogP contribution in [0.15, 0.2) is 79.5 Å². The van der Waals surface area contributed by atoms with Crippen LogP contribution in [-0.4, -0.2) is 41.1 Å². The fourth-order valence-corrected chi connectivity index (χ4v) is 7.40. The van der Waals surface area contributed by atoms with Gasteiger partial charge in [-0.1, -0.05) is 6.07 Å². The van der Waals surface area contributed by atoms with E-state index in [1.165, 1.54) is 16.7 Å². The molecule has 0 fully saturated rings. The first-order valence-corrected chi connectivity index (χ1v) is 15.6. The molecular formula is C31H29N7O4S. The lowest BCUT2D eigenvalue weighted by atomic mass is 10.1. The van der Waals surface area contributed by atoms with Crippen molar-refractivity contribution < 1.29 is 17.9 Å². The fraction of sp³-hybridized carbons (Fsp3) is 0.226. The average Bonchev–Trinajstić information content (AvgIpc) is 3.47. The summed E-state index contributed by atoms with van der Waals surface area (Å²) >= 11 is 0. The van der Waals surface area contributed by atoms with Crippen LogP contribution in [0, 0.1) is 12.1 Å². The Morgan fingerprint density at radius 3 is 2.60 bits per heavy atom. The Hall–Kier alpha value is -4.97. The van der Waals surface area contributed by atoms with Crippen LogP contribution in [0.1, 0.15) is 29.3 Å². The number of nitrogens with zero attached hydrogens (tertiary/aromatic N) is 7. The summed E-state index contributed by atoms with van der Waals surface area (Å²) < 4.78 is 36.6. The summed E-state index contributed by atoms with van der Waals surface area (Å²) in [5.41, 5.74) is 5.81. The summed E-state index contributed by atoms with van der Waals surface area (Å²) in [6, 6.07) is 14.7. The van der Waals surface area contributed by atoms with Gasteiger partial charge < -0.3 is 14.8 Å². The Balaban J connectivity index is 1.14. The molecule has 7 rings (SSSR count). The molecule has 5 aromatic rings. The van der Waals surface area contributed by atoms with Crippen LogP contribution in [0.3, 0.4) is 0 Å². The smallest absolute Gasteiger partial charge is 0.239 e. The van der Waals surface area contributed by atoms with Crippen LogP contribution in [0.4, 0.5) is 17.3 Å². The van der Waals surface area contributed by atoms with E-state index in [1.807, 2.05) is 31.5 Å². The number of anilines is 3. The zero-order valence-corrected chi connectivity index (χ0v) is 24.5. The van der Waals surface area contributed by atoms with Gasteiger partial charge in [-0.3, -0.25) is 8.87 Å². The second kappa shape index (κ2) is 10.4. The van der Waals surface area contributed by atoms with Crippen LogP contribution in [0.25, 0.3) is 17.1 Å². The number of imidazole rings is 1. The first-order chi connectivity index (χ1) is 20.8. The second-order valence-electron chi connectivity index (χ2n) is 10.5. The summed E-state index contributed by atoms with van der Waals surface area (Å²) in [6.07, 6.45) is 8.79. The predicted octanol–water partition coefficient (Wildman–Crippen LogP) is 4.21. The summed E-state index contributed by atoms with van der Waals surface area (Å²) in [5, 5.41) is 11.4. The summed E-state index contributed by atoms with van der Waals surface area (Å²) in [6.45, 7) is 5.28. The van der Waals surface area contributed by atoms with Gasteiger partial charge in [-0.15, -0.1) is 0 Å². The van der Waals surface area contributed by atoms with Gasteiger partial charge in [-0.25, -0.2) is 23.4 Å². The second-order valence-corrected chi connectivity index (χ2v) is 12.4. The van der Waals surface area contributed by atoms with Crippen LogP contribution < -0.4 is 18.7 Å². The number of hydrogen-bond donors (Lipinski definition) is 0. The number of rotatable bonds is 7. The van der Waals surface area contributed by atoms with Gasteiger partial charge in [0.2, 0.25) is 10.0 Å². The Bertz CT molecular complexity index is 1960. The fourth-order valence-electron chi connectivity index (χ4n) is 5.77. The first kappa shape index (κ1) is 26.9. The van der Waals surface area contributed by atoms with E-state index in [4.69, 9.17) is 14.7 Å². The number of aromatic nitrogens is 5. The summed E-state index contributed by atoms with van der Waals surface area (Å²) in [5.74, 6) is 2.84. The van der Waals surface area contributed by atoms with Crippen LogP contribution in [0.5, 0.6) is 5.75 Å². The maximum absolute atomic E-state index is 13.1. The van der Waals surface area contributed by atoms with Crippen molar-refractivity contribution in [1.29, 1.82) is 0 Å². The average molecular weight is 596 g/mol. The standard InChI is InChI=1S/C31H29N7O4S/c1-3-36-29-24(30-33-17-21(2)38(30)27-7-5-12-32-31(27)36)16-23(18-34-29)11-15-42-28-8-4-6-26-25(28)20-43(40,41)37(26)19-22-9-13-35(39)14-10-22/h4-10,12-14,16-18H,3,11,15,19-20H2,1-2H3. The molecular weight excluding hydrogens is 566 g/mol. The maximum Gasteiger partial charge on any atom is 0.239 e. The SMILES string of the molecule is CCN1c2ncc(CCOc3cccc4c3CS(=O)(=O)N4Cc3cc[n+]([O-])cc3)cc2-c2ncc(C)n2-c2cccnc21. The lowest BCUT2D eigenvalue weighted by molar-refractivity contribution is -0.605. The molecule has 6 heterocycles. The number of aryl methyl sites for hydroxylation is 1. The van der Waals surface area contributed by atoms with Crippen molar-refractivity contribution in [3.05, 3.63) is 107 Å². The number of ether oxygens (including phenoxy) is 1. The van der Waals surface area contributed by atoms with E-state index < -0.39 is 10.0 Å². The molecule has 0 saturated carbocycles. The number of sulfonamides is 1. The maximum atomic E-state index is 13.1. The van der Waals surface area contributed by atoms with E-state index in [1.54, 1.807) is 36.5 Å². The first-order valence-electron chi connectivity index (χ1n) is 14.0. The molecule has 1 aromatic carbocycles. The van der Waals surface area contributed by atoms with E-state index in [2.05, 4.69) is 27.4 Å². The van der Waals surface area contributed by atoms with Gasteiger partial charge in [0.25, 0.3) is 0 Å². The normalized spacial score (nSPS) is 14.5. The van der Waals surface area contributed by atoms with Crippen molar-refractivity contribution in [3.63, 3.8) is 0 Å². The largest absolute Gasteiger partial charge is 0.619 e. The third-order valence-electron chi connectivity index (χ3n) is 7.82. The highest BCUT2D eigenvalue weighted by atomic mass is 32.2. The van der Waals surface area contributed by atoms with Crippen molar-refractivity contribution in [1.82, 2.24) is 19.5 Å².